The third kappa shape index (κ3) is 6.30. The van der Waals surface area contributed by atoms with Crippen LogP contribution in [0, 0.1) is 5.92 Å². The molecule has 3 amide bonds. The van der Waals surface area contributed by atoms with Crippen molar-refractivity contribution in [2.75, 3.05) is 6.54 Å². The van der Waals surface area contributed by atoms with Crippen LogP contribution in [-0.4, -0.2) is 60.7 Å². The van der Waals surface area contributed by atoms with Crippen LogP contribution in [0.25, 0.3) is 0 Å². The standard InChI is InChI=1S/C24H26BrN3O7S/c1-14(2)20(23(31)28-13-3-4-19(28)24(32)33)26-21(29)15-5-7-16(8-6-15)22(30)27-36(34,35)18-11-9-17(25)10-12-18/h5-12,14,19-20H,3-4,13H2,1-2H3,(H,26,29)(H,27,30)(H,32,33)/t19-,20-/m0/s1. The second-order valence-corrected chi connectivity index (χ2v) is 11.3. The van der Waals surface area contributed by atoms with Crippen LogP contribution < -0.4 is 10.0 Å². The Balaban J connectivity index is 1.69. The lowest BCUT2D eigenvalue weighted by Crippen LogP contribution is -2.53. The molecule has 0 spiro atoms. The smallest absolute Gasteiger partial charge is 0.326 e. The minimum Gasteiger partial charge on any atom is -0.480 e. The number of hydrogen-bond donors (Lipinski definition) is 3. The first kappa shape index (κ1) is 27.3. The van der Waals surface area contributed by atoms with E-state index in [9.17, 15) is 32.7 Å². The van der Waals surface area contributed by atoms with Crippen LogP contribution in [0.2, 0.25) is 0 Å². The van der Waals surface area contributed by atoms with Crippen LogP contribution in [0.3, 0.4) is 0 Å². The van der Waals surface area contributed by atoms with Gasteiger partial charge in [-0.3, -0.25) is 14.4 Å². The third-order valence-electron chi connectivity index (χ3n) is 5.80. The summed E-state index contributed by atoms with van der Waals surface area (Å²) >= 11 is 3.21. The van der Waals surface area contributed by atoms with E-state index in [-0.39, 0.29) is 21.9 Å². The Labute approximate surface area is 217 Å². The summed E-state index contributed by atoms with van der Waals surface area (Å²) in [5.74, 6) is -3.29. The van der Waals surface area contributed by atoms with Crippen LogP contribution >= 0.6 is 15.9 Å². The fourth-order valence-electron chi connectivity index (χ4n) is 3.83. The number of benzene rings is 2. The molecule has 12 heteroatoms. The zero-order valence-electron chi connectivity index (χ0n) is 19.6. The van der Waals surface area contributed by atoms with Gasteiger partial charge in [-0.25, -0.2) is 17.9 Å². The van der Waals surface area contributed by atoms with Gasteiger partial charge < -0.3 is 15.3 Å². The fraction of sp³-hybridized carbons (Fsp3) is 0.333. The number of carboxylic acid groups (broad SMARTS) is 1. The van der Waals surface area contributed by atoms with Gasteiger partial charge >= 0.3 is 5.97 Å². The predicted molar refractivity (Wildman–Crippen MR) is 134 cm³/mol. The summed E-state index contributed by atoms with van der Waals surface area (Å²) in [6.07, 6.45) is 0.934. The maximum absolute atomic E-state index is 13.0. The maximum atomic E-state index is 13.0. The molecule has 0 saturated carbocycles. The molecule has 0 aromatic heterocycles. The second-order valence-electron chi connectivity index (χ2n) is 8.69. The fourth-order valence-corrected chi connectivity index (χ4v) is 5.07. The van der Waals surface area contributed by atoms with Gasteiger partial charge in [0.1, 0.15) is 12.1 Å². The molecule has 3 N–H and O–H groups in total. The van der Waals surface area contributed by atoms with Gasteiger partial charge in [-0.1, -0.05) is 29.8 Å². The van der Waals surface area contributed by atoms with Gasteiger partial charge in [0.05, 0.1) is 4.90 Å². The number of nitrogens with zero attached hydrogens (tertiary/aromatic N) is 1. The van der Waals surface area contributed by atoms with Crippen LogP contribution in [0.5, 0.6) is 0 Å². The molecule has 10 nitrogen and oxygen atoms in total. The van der Waals surface area contributed by atoms with Gasteiger partial charge in [0.15, 0.2) is 0 Å². The average molecular weight is 580 g/mol. The number of halogens is 1. The van der Waals surface area contributed by atoms with E-state index in [4.69, 9.17) is 0 Å². The van der Waals surface area contributed by atoms with Crippen molar-refractivity contribution >= 4 is 49.6 Å². The van der Waals surface area contributed by atoms with Crippen molar-refractivity contribution in [3.05, 3.63) is 64.1 Å². The largest absolute Gasteiger partial charge is 0.480 e. The summed E-state index contributed by atoms with van der Waals surface area (Å²) in [6.45, 7) is 3.80. The highest BCUT2D eigenvalue weighted by Gasteiger charge is 2.38. The lowest BCUT2D eigenvalue weighted by atomic mass is 10.0. The lowest BCUT2D eigenvalue weighted by Gasteiger charge is -2.29. The molecule has 0 aliphatic carbocycles. The van der Waals surface area contributed by atoms with E-state index < -0.39 is 45.8 Å². The summed E-state index contributed by atoms with van der Waals surface area (Å²) in [5, 5.41) is 12.0. The van der Waals surface area contributed by atoms with Crippen molar-refractivity contribution in [2.45, 2.75) is 43.7 Å². The SMILES string of the molecule is CC(C)[C@H](NC(=O)c1ccc(C(=O)NS(=O)(=O)c2ccc(Br)cc2)cc1)C(=O)N1CCC[C@H]1C(=O)O. The molecule has 2 aromatic rings. The van der Waals surface area contributed by atoms with Crippen LogP contribution in [0.1, 0.15) is 47.4 Å². The summed E-state index contributed by atoms with van der Waals surface area (Å²) in [5.41, 5.74) is 0.169. The number of rotatable bonds is 8. The Kier molecular flexibility index (Phi) is 8.51. The zero-order valence-corrected chi connectivity index (χ0v) is 22.0. The first-order chi connectivity index (χ1) is 16.9. The molecule has 0 bridgehead atoms. The van der Waals surface area contributed by atoms with Gasteiger partial charge in [-0.15, -0.1) is 0 Å². The number of amides is 3. The Morgan fingerprint density at radius 2 is 1.53 bits per heavy atom. The van der Waals surface area contributed by atoms with Gasteiger partial charge in [0, 0.05) is 22.1 Å². The minimum absolute atomic E-state index is 0.0186. The molecular formula is C24H26BrN3O7S. The summed E-state index contributed by atoms with van der Waals surface area (Å²) in [6, 6.07) is 9.20. The van der Waals surface area contributed by atoms with E-state index in [1.807, 2.05) is 4.72 Å². The number of sulfonamides is 1. The van der Waals surface area contributed by atoms with Crippen LogP contribution in [-0.2, 0) is 19.6 Å². The molecule has 1 heterocycles. The first-order valence-electron chi connectivity index (χ1n) is 11.2. The van der Waals surface area contributed by atoms with E-state index in [1.165, 1.54) is 53.4 Å². The summed E-state index contributed by atoms with van der Waals surface area (Å²) in [4.78, 5) is 51.0. The molecule has 3 rings (SSSR count). The molecule has 192 valence electrons. The van der Waals surface area contributed by atoms with E-state index in [2.05, 4.69) is 21.2 Å². The van der Waals surface area contributed by atoms with Crippen molar-refractivity contribution in [3.63, 3.8) is 0 Å². The molecule has 1 saturated heterocycles. The van der Waals surface area contributed by atoms with Crippen LogP contribution in [0.15, 0.2) is 57.9 Å². The molecule has 1 aliphatic rings. The number of carboxylic acids is 1. The monoisotopic (exact) mass is 579 g/mol. The molecule has 0 radical (unpaired) electrons. The van der Waals surface area contributed by atoms with Crippen molar-refractivity contribution in [1.82, 2.24) is 14.9 Å². The number of aliphatic carboxylic acids is 1. The highest BCUT2D eigenvalue weighted by atomic mass is 79.9. The van der Waals surface area contributed by atoms with Crippen LogP contribution in [0.4, 0.5) is 0 Å². The van der Waals surface area contributed by atoms with E-state index in [1.54, 1.807) is 13.8 Å². The Hall–Kier alpha value is -3.25. The first-order valence-corrected chi connectivity index (χ1v) is 13.4. The lowest BCUT2D eigenvalue weighted by molar-refractivity contribution is -0.149. The maximum Gasteiger partial charge on any atom is 0.326 e. The van der Waals surface area contributed by atoms with Crippen molar-refractivity contribution < 1.29 is 32.7 Å². The van der Waals surface area contributed by atoms with Gasteiger partial charge in [-0.2, -0.15) is 0 Å². The molecule has 0 unspecified atom stereocenters. The van der Waals surface area contributed by atoms with Gasteiger partial charge in [0.25, 0.3) is 21.8 Å². The Morgan fingerprint density at radius 3 is 2.06 bits per heavy atom. The quantitative estimate of drug-likeness (QED) is 0.434. The zero-order chi connectivity index (χ0) is 26.6. The third-order valence-corrected chi connectivity index (χ3v) is 7.68. The number of nitrogens with one attached hydrogen (secondary N) is 2. The van der Waals surface area contributed by atoms with Gasteiger partial charge in [-0.05, 0) is 67.3 Å². The number of carbonyl (C=O) groups is 4. The van der Waals surface area contributed by atoms with Gasteiger partial charge in [0.2, 0.25) is 5.91 Å². The van der Waals surface area contributed by atoms with E-state index in [0.717, 1.165) is 0 Å². The normalized spacial score (nSPS) is 16.4. The Morgan fingerprint density at radius 1 is 0.972 bits per heavy atom. The van der Waals surface area contributed by atoms with Crippen molar-refractivity contribution in [3.8, 4) is 0 Å². The van der Waals surface area contributed by atoms with E-state index >= 15 is 0 Å². The van der Waals surface area contributed by atoms with Crippen molar-refractivity contribution in [2.24, 2.45) is 5.92 Å². The summed E-state index contributed by atoms with van der Waals surface area (Å²) in [7, 11) is -4.09. The van der Waals surface area contributed by atoms with E-state index in [0.29, 0.717) is 23.9 Å². The minimum atomic E-state index is -4.09. The molecule has 2 aromatic carbocycles. The second kappa shape index (κ2) is 11.2. The highest BCUT2D eigenvalue weighted by molar-refractivity contribution is 9.10. The Bertz CT molecular complexity index is 1260. The number of likely N-dealkylation sites (tertiary alicyclic amines) is 1. The predicted octanol–water partition coefficient (Wildman–Crippen LogP) is 2.40. The summed E-state index contributed by atoms with van der Waals surface area (Å²) < 4.78 is 27.6. The topological polar surface area (TPSA) is 150 Å². The average Bonchev–Trinajstić information content (AvgIpc) is 3.32. The molecule has 2 atom stereocenters. The molecule has 1 fully saturated rings. The molecule has 1 aliphatic heterocycles. The number of carbonyl (C=O) groups excluding carboxylic acids is 3. The van der Waals surface area contributed by atoms with Crippen molar-refractivity contribution in [1.29, 1.82) is 0 Å². The molecule has 36 heavy (non-hydrogen) atoms. The highest BCUT2D eigenvalue weighted by Crippen LogP contribution is 2.21. The molecular weight excluding hydrogens is 554 g/mol. The number of hydrogen-bond acceptors (Lipinski definition) is 6.